The summed E-state index contributed by atoms with van der Waals surface area (Å²) in [7, 11) is 1.94. The molecule has 2 rings (SSSR count). The highest BCUT2D eigenvalue weighted by atomic mass is 79.9. The van der Waals surface area contributed by atoms with E-state index in [9.17, 15) is 0 Å². The molecule has 0 radical (unpaired) electrons. The lowest BCUT2D eigenvalue weighted by atomic mass is 10.1. The fraction of sp³-hybridized carbons (Fsp3) is 0.308. The van der Waals surface area contributed by atoms with E-state index >= 15 is 0 Å². The molecule has 0 amide bonds. The zero-order valence-corrected chi connectivity index (χ0v) is 12.2. The van der Waals surface area contributed by atoms with E-state index in [1.165, 1.54) is 5.56 Å². The molecule has 0 fully saturated rings. The Morgan fingerprint density at radius 1 is 1.39 bits per heavy atom. The summed E-state index contributed by atoms with van der Waals surface area (Å²) in [4.78, 5) is 0. The molecule has 2 N–H and O–H groups in total. The summed E-state index contributed by atoms with van der Waals surface area (Å²) in [5.74, 6) is 1.34. The molecule has 5 heteroatoms. The highest BCUT2D eigenvalue weighted by molar-refractivity contribution is 9.10. The molecule has 18 heavy (non-hydrogen) atoms. The van der Waals surface area contributed by atoms with Gasteiger partial charge in [-0.25, -0.2) is 0 Å². The molecule has 1 aromatic carbocycles. The Balaban J connectivity index is 2.18. The second-order valence-electron chi connectivity index (χ2n) is 4.18. The summed E-state index contributed by atoms with van der Waals surface area (Å²) >= 11 is 3.56. The van der Waals surface area contributed by atoms with Crippen LogP contribution in [0.2, 0.25) is 0 Å². The number of rotatable bonds is 4. The van der Waals surface area contributed by atoms with Gasteiger partial charge >= 0.3 is 0 Å². The Kier molecular flexibility index (Phi) is 4.04. The number of aryl methyl sites for hydroxylation is 1. The van der Waals surface area contributed by atoms with E-state index in [-0.39, 0.29) is 0 Å². The van der Waals surface area contributed by atoms with Gasteiger partial charge in [0.2, 0.25) is 5.88 Å². The highest BCUT2D eigenvalue weighted by Gasteiger charge is 2.09. The molecule has 0 aliphatic rings. The van der Waals surface area contributed by atoms with Crippen LogP contribution < -0.4 is 10.1 Å². The molecule has 0 spiro atoms. The smallest absolute Gasteiger partial charge is 0.238 e. The van der Waals surface area contributed by atoms with Gasteiger partial charge in [0.15, 0.2) is 0 Å². The first-order valence-corrected chi connectivity index (χ1v) is 6.56. The summed E-state index contributed by atoms with van der Waals surface area (Å²) in [5.41, 5.74) is 2.17. The van der Waals surface area contributed by atoms with Gasteiger partial charge < -0.3 is 10.1 Å². The van der Waals surface area contributed by atoms with Crippen LogP contribution in [0.4, 0.5) is 0 Å². The summed E-state index contributed by atoms with van der Waals surface area (Å²) in [5, 5.41) is 10.1. The predicted molar refractivity (Wildman–Crippen MR) is 75.0 cm³/mol. The molecule has 1 atom stereocenters. The maximum Gasteiger partial charge on any atom is 0.238 e. The molecule has 4 nitrogen and oxygen atoms in total. The van der Waals surface area contributed by atoms with Crippen molar-refractivity contribution < 1.29 is 4.74 Å². The van der Waals surface area contributed by atoms with E-state index in [2.05, 4.69) is 38.4 Å². The number of halogens is 1. The van der Waals surface area contributed by atoms with Crippen LogP contribution in [0.1, 0.15) is 24.2 Å². The third-order valence-electron chi connectivity index (χ3n) is 2.78. The number of ether oxygens (including phenoxy) is 1. The number of benzene rings is 1. The standard InChI is InChI=1S/C13H16BrN3O/c1-8-6-13(17-16-8)18-10-4-5-11(9(2)15-3)12(14)7-10/h4-7,9,15H,1-3H3,(H,16,17). The fourth-order valence-electron chi connectivity index (χ4n) is 1.64. The van der Waals surface area contributed by atoms with Crippen molar-refractivity contribution in [2.75, 3.05) is 7.05 Å². The molecule has 1 aromatic heterocycles. The SMILES string of the molecule is CNC(C)c1ccc(Oc2cc(C)[nH]n2)cc1Br. The summed E-state index contributed by atoms with van der Waals surface area (Å²) in [6.07, 6.45) is 0. The molecule has 0 saturated carbocycles. The summed E-state index contributed by atoms with van der Waals surface area (Å²) in [6, 6.07) is 8.09. The van der Waals surface area contributed by atoms with E-state index in [1.807, 2.05) is 38.2 Å². The third-order valence-corrected chi connectivity index (χ3v) is 3.46. The van der Waals surface area contributed by atoms with Crippen LogP contribution in [0.15, 0.2) is 28.7 Å². The largest absolute Gasteiger partial charge is 0.438 e. The van der Waals surface area contributed by atoms with Crippen molar-refractivity contribution in [1.29, 1.82) is 0 Å². The maximum absolute atomic E-state index is 5.66. The van der Waals surface area contributed by atoms with Crippen LogP contribution in [-0.2, 0) is 0 Å². The number of nitrogens with zero attached hydrogens (tertiary/aromatic N) is 1. The number of H-pyrrole nitrogens is 1. The van der Waals surface area contributed by atoms with E-state index in [0.29, 0.717) is 11.9 Å². The monoisotopic (exact) mass is 309 g/mol. The van der Waals surface area contributed by atoms with E-state index in [4.69, 9.17) is 4.74 Å². The van der Waals surface area contributed by atoms with Crippen molar-refractivity contribution in [2.24, 2.45) is 0 Å². The maximum atomic E-state index is 5.66. The first-order valence-electron chi connectivity index (χ1n) is 5.76. The average Bonchev–Trinajstić information content (AvgIpc) is 2.74. The van der Waals surface area contributed by atoms with Crippen molar-refractivity contribution in [1.82, 2.24) is 15.5 Å². The van der Waals surface area contributed by atoms with Crippen LogP contribution >= 0.6 is 15.9 Å². The summed E-state index contributed by atoms with van der Waals surface area (Å²) in [6.45, 7) is 4.05. The normalized spacial score (nSPS) is 12.4. The molecule has 1 unspecified atom stereocenters. The Morgan fingerprint density at radius 3 is 2.72 bits per heavy atom. The molecular weight excluding hydrogens is 294 g/mol. The Hall–Kier alpha value is -1.33. The van der Waals surface area contributed by atoms with Crippen molar-refractivity contribution in [2.45, 2.75) is 19.9 Å². The number of aromatic nitrogens is 2. The number of hydrogen-bond acceptors (Lipinski definition) is 3. The van der Waals surface area contributed by atoms with Crippen molar-refractivity contribution in [3.8, 4) is 11.6 Å². The van der Waals surface area contributed by atoms with E-state index in [0.717, 1.165) is 15.9 Å². The molecule has 0 saturated heterocycles. The van der Waals surface area contributed by atoms with Gasteiger partial charge in [0.05, 0.1) is 0 Å². The van der Waals surface area contributed by atoms with Gasteiger partial charge in [0.1, 0.15) is 5.75 Å². The van der Waals surface area contributed by atoms with Crippen LogP contribution in [-0.4, -0.2) is 17.2 Å². The van der Waals surface area contributed by atoms with Crippen molar-refractivity contribution in [3.63, 3.8) is 0 Å². The minimum Gasteiger partial charge on any atom is -0.438 e. The Morgan fingerprint density at radius 2 is 2.17 bits per heavy atom. The van der Waals surface area contributed by atoms with Crippen LogP contribution in [0.3, 0.4) is 0 Å². The molecule has 0 aliphatic heterocycles. The quantitative estimate of drug-likeness (QED) is 0.908. The second-order valence-corrected chi connectivity index (χ2v) is 5.04. The predicted octanol–water partition coefficient (Wildman–Crippen LogP) is 3.55. The van der Waals surface area contributed by atoms with Gasteiger partial charge in [-0.3, -0.25) is 5.10 Å². The lowest BCUT2D eigenvalue weighted by Gasteiger charge is -2.13. The zero-order chi connectivity index (χ0) is 13.1. The number of hydrogen-bond donors (Lipinski definition) is 2. The molecule has 0 aliphatic carbocycles. The Bertz CT molecular complexity index is 539. The van der Waals surface area contributed by atoms with Crippen LogP contribution in [0.5, 0.6) is 11.6 Å². The van der Waals surface area contributed by atoms with Gasteiger partial charge in [0, 0.05) is 22.3 Å². The minimum atomic E-state index is 0.293. The molecule has 1 heterocycles. The summed E-state index contributed by atoms with van der Waals surface area (Å²) < 4.78 is 6.68. The first-order chi connectivity index (χ1) is 8.60. The van der Waals surface area contributed by atoms with Crippen molar-refractivity contribution in [3.05, 3.63) is 40.0 Å². The number of aromatic amines is 1. The van der Waals surface area contributed by atoms with Crippen molar-refractivity contribution >= 4 is 15.9 Å². The molecule has 2 aromatic rings. The Labute approximate surface area is 115 Å². The van der Waals surface area contributed by atoms with E-state index < -0.39 is 0 Å². The van der Waals surface area contributed by atoms with Gasteiger partial charge in [0.25, 0.3) is 0 Å². The molecule has 96 valence electrons. The molecular formula is C13H16BrN3O. The fourth-order valence-corrected chi connectivity index (χ4v) is 2.35. The minimum absolute atomic E-state index is 0.293. The number of nitrogens with one attached hydrogen (secondary N) is 2. The van der Waals surface area contributed by atoms with Gasteiger partial charge in [-0.1, -0.05) is 22.0 Å². The first kappa shape index (κ1) is 13.1. The topological polar surface area (TPSA) is 49.9 Å². The highest BCUT2D eigenvalue weighted by Crippen LogP contribution is 2.29. The van der Waals surface area contributed by atoms with Gasteiger partial charge in [-0.2, -0.15) is 0 Å². The van der Waals surface area contributed by atoms with E-state index in [1.54, 1.807) is 0 Å². The average molecular weight is 310 g/mol. The van der Waals surface area contributed by atoms with Crippen LogP contribution in [0.25, 0.3) is 0 Å². The lowest BCUT2D eigenvalue weighted by Crippen LogP contribution is -2.12. The van der Waals surface area contributed by atoms with Crippen LogP contribution in [0, 0.1) is 6.92 Å². The second kappa shape index (κ2) is 5.54. The zero-order valence-electron chi connectivity index (χ0n) is 10.6. The lowest BCUT2D eigenvalue weighted by molar-refractivity contribution is 0.460. The van der Waals surface area contributed by atoms with Gasteiger partial charge in [-0.15, -0.1) is 5.10 Å². The molecule has 0 bridgehead atoms. The van der Waals surface area contributed by atoms with Gasteiger partial charge in [-0.05, 0) is 38.6 Å². The third kappa shape index (κ3) is 2.91.